The Kier molecular flexibility index (Phi) is 12.4. The number of nitrogens with one attached hydrogen (secondary N) is 1. The van der Waals surface area contributed by atoms with Crippen molar-refractivity contribution in [2.45, 2.75) is 0 Å². The number of nitriles is 1. The number of nitrogens with two attached hydrogens (primary N) is 1. The number of primary amides is 1. The lowest BCUT2D eigenvalue weighted by Gasteiger charge is -2.07. The Hall–Kier alpha value is -9.10. The third-order valence-corrected chi connectivity index (χ3v) is 9.64. The van der Waals surface area contributed by atoms with Gasteiger partial charge in [-0.25, -0.2) is 0 Å². The number of hydrogen-bond acceptors (Lipinski definition) is 16. The zero-order valence-electron chi connectivity index (χ0n) is 33.5. The van der Waals surface area contributed by atoms with E-state index in [4.69, 9.17) is 20.5 Å². The number of amides is 1. The zero-order valence-corrected chi connectivity index (χ0v) is 35.1. The molecule has 64 heavy (non-hydrogen) atoms. The summed E-state index contributed by atoms with van der Waals surface area (Å²) in [6.45, 7) is 0. The number of carbonyl (C=O) groups excluding carboxylic acids is 1. The number of methoxy groups -OCH3 is 2. The maximum atomic E-state index is 11.3. The van der Waals surface area contributed by atoms with Gasteiger partial charge in [0, 0.05) is 52.3 Å². The van der Waals surface area contributed by atoms with Crippen LogP contribution in [-0.2, 0) is 0 Å². The number of H-pyrrole nitrogens is 1. The number of hydrogen-bond donors (Lipinski definition) is 2. The Morgan fingerprint density at radius 3 is 1.56 bits per heavy atom. The predicted molar refractivity (Wildman–Crippen MR) is 233 cm³/mol. The molecule has 0 unspecified atom stereocenters. The maximum absolute atomic E-state index is 11.3. The molecule has 0 atom stereocenters. The van der Waals surface area contributed by atoms with Crippen molar-refractivity contribution in [3.05, 3.63) is 150 Å². The van der Waals surface area contributed by atoms with E-state index in [9.17, 15) is 4.79 Å². The van der Waals surface area contributed by atoms with E-state index >= 15 is 0 Å². The largest absolute Gasteiger partial charge is 0.496 e. The molecule has 10 rings (SSSR count). The fourth-order valence-electron chi connectivity index (χ4n) is 5.87. The molecule has 0 aliphatic carbocycles. The summed E-state index contributed by atoms with van der Waals surface area (Å²) in [6, 6.07) is 34.4. The molecule has 21 nitrogen and oxygen atoms in total. The normalized spacial score (nSPS) is 10.5. The Balaban J connectivity index is 0.000000131. The van der Waals surface area contributed by atoms with Crippen LogP contribution in [0.5, 0.6) is 11.5 Å². The molecular weight excluding hydrogens is 884 g/mol. The van der Waals surface area contributed by atoms with Gasteiger partial charge >= 0.3 is 0 Å². The highest BCUT2D eigenvalue weighted by Crippen LogP contribution is 2.26. The SMILES string of the molecule is Brc1c[nH]c2cc(-n3nnc(-c4ccccn4)n3)ccc12.COc1cc(-n2nnc(-c3ccccn3)n2)ccc1C#N.COc1cc(-n2nnc(-c3ccccn3)n2)ccc1C(N)=O. The molecule has 0 bridgehead atoms. The minimum absolute atomic E-state index is 0.288. The van der Waals surface area contributed by atoms with Crippen LogP contribution < -0.4 is 15.2 Å². The Morgan fingerprint density at radius 2 is 1.11 bits per heavy atom. The molecule has 10 aromatic rings. The lowest BCUT2D eigenvalue weighted by molar-refractivity contribution is 0.0997. The highest BCUT2D eigenvalue weighted by molar-refractivity contribution is 9.10. The average molecular weight is 916 g/mol. The number of rotatable bonds is 9. The van der Waals surface area contributed by atoms with Crippen molar-refractivity contribution in [1.82, 2.24) is 80.6 Å². The first-order valence-electron chi connectivity index (χ1n) is 18.8. The van der Waals surface area contributed by atoms with Crippen LogP contribution in [0.1, 0.15) is 15.9 Å². The number of pyridine rings is 3. The summed E-state index contributed by atoms with van der Waals surface area (Å²) >= 11 is 3.49. The van der Waals surface area contributed by atoms with Gasteiger partial charge < -0.3 is 20.2 Å². The highest BCUT2D eigenvalue weighted by Gasteiger charge is 2.15. The van der Waals surface area contributed by atoms with Crippen molar-refractivity contribution in [3.63, 3.8) is 0 Å². The number of ether oxygens (including phenoxy) is 2. The van der Waals surface area contributed by atoms with E-state index in [1.807, 2.05) is 60.8 Å². The number of fused-ring (bicyclic) bond motifs is 1. The molecule has 1 amide bonds. The van der Waals surface area contributed by atoms with E-state index in [2.05, 4.69) is 88.2 Å². The molecule has 0 saturated carbocycles. The average Bonchev–Trinajstić information content (AvgIpc) is 4.21. The molecule has 22 heteroatoms. The van der Waals surface area contributed by atoms with Gasteiger partial charge in [0.2, 0.25) is 17.5 Å². The van der Waals surface area contributed by atoms with E-state index in [-0.39, 0.29) is 5.56 Å². The predicted octanol–water partition coefficient (Wildman–Crippen LogP) is 5.40. The third-order valence-electron chi connectivity index (χ3n) is 8.99. The first-order valence-corrected chi connectivity index (χ1v) is 19.6. The van der Waals surface area contributed by atoms with E-state index < -0.39 is 5.91 Å². The molecule has 0 aliphatic rings. The molecule has 7 aromatic heterocycles. The third kappa shape index (κ3) is 9.28. The molecule has 7 heterocycles. The summed E-state index contributed by atoms with van der Waals surface area (Å²) in [7, 11) is 2.97. The van der Waals surface area contributed by atoms with E-state index in [1.54, 1.807) is 73.2 Å². The van der Waals surface area contributed by atoms with Crippen LogP contribution in [0.15, 0.2) is 138 Å². The topological polar surface area (TPSA) is 271 Å². The van der Waals surface area contributed by atoms with Gasteiger partial charge in [0.15, 0.2) is 0 Å². The zero-order chi connectivity index (χ0) is 44.4. The fourth-order valence-corrected chi connectivity index (χ4v) is 6.33. The van der Waals surface area contributed by atoms with Crippen molar-refractivity contribution in [2.24, 2.45) is 5.73 Å². The van der Waals surface area contributed by atoms with Gasteiger partial charge in [-0.1, -0.05) is 18.2 Å². The monoisotopic (exact) mass is 914 g/mol. The minimum Gasteiger partial charge on any atom is -0.496 e. The molecule has 3 aromatic carbocycles. The summed E-state index contributed by atoms with van der Waals surface area (Å²) in [6.07, 6.45) is 6.93. The van der Waals surface area contributed by atoms with Crippen LogP contribution in [0.25, 0.3) is 62.5 Å². The summed E-state index contributed by atoms with van der Waals surface area (Å²) in [5, 5.41) is 47.0. The summed E-state index contributed by atoms with van der Waals surface area (Å²) < 4.78 is 11.4. The highest BCUT2D eigenvalue weighted by atomic mass is 79.9. The van der Waals surface area contributed by atoms with Gasteiger partial charge in [0.05, 0.1) is 42.4 Å². The molecule has 0 fully saturated rings. The van der Waals surface area contributed by atoms with Gasteiger partial charge in [0.25, 0.3) is 5.91 Å². The molecule has 0 aliphatic heterocycles. The van der Waals surface area contributed by atoms with Crippen molar-refractivity contribution >= 4 is 32.7 Å². The Labute approximate surface area is 370 Å². The van der Waals surface area contributed by atoms with Gasteiger partial charge in [-0.15, -0.1) is 45.0 Å². The smallest absolute Gasteiger partial charge is 0.252 e. The molecule has 0 radical (unpaired) electrons. The second-order valence-electron chi connectivity index (χ2n) is 13.0. The number of aromatic nitrogens is 16. The summed E-state index contributed by atoms with van der Waals surface area (Å²) in [4.78, 5) is 31.2. The first kappa shape index (κ1) is 41.6. The molecular formula is C42H31BrN18O3. The quantitative estimate of drug-likeness (QED) is 0.183. The Morgan fingerprint density at radius 1 is 0.641 bits per heavy atom. The van der Waals surface area contributed by atoms with Crippen LogP contribution in [-0.4, -0.2) is 101 Å². The molecule has 0 spiro atoms. The lowest BCUT2D eigenvalue weighted by atomic mass is 10.1. The van der Waals surface area contributed by atoms with Gasteiger partial charge in [0.1, 0.15) is 34.7 Å². The van der Waals surface area contributed by atoms with Crippen LogP contribution in [0.3, 0.4) is 0 Å². The van der Waals surface area contributed by atoms with E-state index in [0.29, 0.717) is 63.0 Å². The number of carbonyl (C=O) groups is 1. The number of halogens is 1. The van der Waals surface area contributed by atoms with Crippen LogP contribution in [0.2, 0.25) is 0 Å². The van der Waals surface area contributed by atoms with Gasteiger partial charge in [-0.3, -0.25) is 19.7 Å². The van der Waals surface area contributed by atoms with Crippen molar-refractivity contribution in [1.29, 1.82) is 5.26 Å². The first-order chi connectivity index (χ1) is 31.3. The summed E-state index contributed by atoms with van der Waals surface area (Å²) in [5.74, 6) is 1.58. The number of aromatic amines is 1. The number of nitrogens with zero attached hydrogens (tertiary/aromatic N) is 16. The Bertz CT molecular complexity index is 3220. The van der Waals surface area contributed by atoms with Crippen molar-refractivity contribution < 1.29 is 14.3 Å². The van der Waals surface area contributed by atoms with E-state index in [0.717, 1.165) is 21.1 Å². The van der Waals surface area contributed by atoms with Crippen LogP contribution >= 0.6 is 15.9 Å². The molecule has 0 saturated heterocycles. The summed E-state index contributed by atoms with van der Waals surface area (Å²) in [5.41, 5.74) is 11.1. The van der Waals surface area contributed by atoms with Crippen molar-refractivity contribution in [3.8, 4) is 69.2 Å². The minimum atomic E-state index is -0.566. The second kappa shape index (κ2) is 19.1. The number of tetrazole rings is 3. The second-order valence-corrected chi connectivity index (χ2v) is 13.8. The lowest BCUT2D eigenvalue weighted by Crippen LogP contribution is -2.13. The standard InChI is InChI=1S/C14H9BrN6.C14H12N6O2.C14H10N6O/c15-11-8-17-13-7-9(4-5-10(11)13)21-19-14(18-20-21)12-3-1-2-6-16-12;1-22-12-8-9(5-6-10(12)13(15)21)20-18-14(17-19-20)11-4-2-3-7-16-11;1-21-13-8-11(6-5-10(13)9-15)20-18-14(17-19-20)12-4-2-3-7-16-12/h1-8,17H;2-8H,1H3,(H2,15,21);2-8H,1H3. The maximum Gasteiger partial charge on any atom is 0.252 e. The van der Waals surface area contributed by atoms with Gasteiger partial charge in [-0.2, -0.15) is 5.26 Å². The van der Waals surface area contributed by atoms with Crippen molar-refractivity contribution in [2.75, 3.05) is 14.2 Å². The molecule has 3 N–H and O–H groups in total. The van der Waals surface area contributed by atoms with Gasteiger partial charge in [-0.05, 0) is 110 Å². The van der Waals surface area contributed by atoms with Crippen LogP contribution in [0.4, 0.5) is 0 Å². The fraction of sp³-hybridized carbons (Fsp3) is 0.0476. The number of benzene rings is 3. The van der Waals surface area contributed by atoms with E-state index in [1.165, 1.54) is 28.6 Å². The van der Waals surface area contributed by atoms with Crippen LogP contribution in [0, 0.1) is 11.3 Å². The molecule has 314 valence electrons.